The van der Waals surface area contributed by atoms with Crippen LogP contribution in [0.4, 0.5) is 0 Å². The Kier molecular flexibility index (Phi) is 15.4. The number of esters is 1. The van der Waals surface area contributed by atoms with Gasteiger partial charge in [0.25, 0.3) is 11.7 Å². The number of Topliss-reactive ketones (excluding diaryl/α,β-unsaturated/α-hetero) is 2. The van der Waals surface area contributed by atoms with E-state index in [0.29, 0.717) is 56.9 Å². The Bertz CT molecular complexity index is 1510. The molecule has 0 spiro atoms. The minimum atomic E-state index is -2.50. The summed E-state index contributed by atoms with van der Waals surface area (Å²) >= 11 is 0. The molecule has 2 bridgehead atoms. The summed E-state index contributed by atoms with van der Waals surface area (Å²) in [5, 5.41) is 34.2. The van der Waals surface area contributed by atoms with Gasteiger partial charge in [-0.1, -0.05) is 45.4 Å². The first-order valence-electron chi connectivity index (χ1n) is 21.3. The van der Waals surface area contributed by atoms with Gasteiger partial charge in [-0.15, -0.1) is 0 Å². The van der Waals surface area contributed by atoms with Gasteiger partial charge in [-0.2, -0.15) is 0 Å². The van der Waals surface area contributed by atoms with Crippen LogP contribution < -0.4 is 0 Å². The quantitative estimate of drug-likeness (QED) is 0.195. The van der Waals surface area contributed by atoms with Crippen molar-refractivity contribution in [1.82, 2.24) is 4.90 Å². The number of hydrogen-bond acceptors (Lipinski definition) is 12. The van der Waals surface area contributed by atoms with Crippen molar-refractivity contribution in [3.05, 3.63) is 23.3 Å². The van der Waals surface area contributed by atoms with E-state index in [2.05, 4.69) is 6.92 Å². The van der Waals surface area contributed by atoms with Crippen molar-refractivity contribution >= 4 is 23.4 Å². The molecule has 5 rings (SSSR count). The number of ether oxygens (including phenoxy) is 5. The molecular weight excluding hydrogens is 734 g/mol. The van der Waals surface area contributed by atoms with Gasteiger partial charge >= 0.3 is 5.97 Å². The molecule has 16 atom stereocenters. The lowest BCUT2D eigenvalue weighted by atomic mass is 9.81. The van der Waals surface area contributed by atoms with Gasteiger partial charge in [0, 0.05) is 51.5 Å². The first-order valence-corrected chi connectivity index (χ1v) is 21.3. The number of piperidine rings is 1. The largest absolute Gasteiger partial charge is 0.456 e. The minimum absolute atomic E-state index is 0.00297. The summed E-state index contributed by atoms with van der Waals surface area (Å²) in [6, 6.07) is -1.48. The van der Waals surface area contributed by atoms with E-state index in [1.807, 2.05) is 32.9 Å². The number of rotatable bonds is 6. The van der Waals surface area contributed by atoms with Gasteiger partial charge in [0.2, 0.25) is 5.79 Å². The van der Waals surface area contributed by atoms with Crippen LogP contribution in [0.1, 0.15) is 112 Å². The van der Waals surface area contributed by atoms with E-state index in [-0.39, 0.29) is 54.9 Å². The molecule has 0 aromatic heterocycles. The Labute approximate surface area is 338 Å². The lowest BCUT2D eigenvalue weighted by Gasteiger charge is -2.47. The summed E-state index contributed by atoms with van der Waals surface area (Å²) in [6.07, 6.45) is 3.95. The fourth-order valence-corrected chi connectivity index (χ4v) is 10.1. The first kappa shape index (κ1) is 45.6. The fourth-order valence-electron chi connectivity index (χ4n) is 10.1. The average molecular weight is 804 g/mol. The first-order chi connectivity index (χ1) is 27.0. The lowest BCUT2D eigenvalue weighted by Crippen LogP contribution is -2.64. The van der Waals surface area contributed by atoms with Crippen LogP contribution >= 0.6 is 0 Å². The molecule has 4 fully saturated rings. The van der Waals surface area contributed by atoms with Crippen LogP contribution in [0.5, 0.6) is 0 Å². The molecule has 3 N–H and O–H groups in total. The van der Waals surface area contributed by atoms with E-state index >= 15 is 0 Å². The van der Waals surface area contributed by atoms with Crippen LogP contribution in [0.3, 0.4) is 0 Å². The molecule has 1 amide bonds. The molecule has 2 saturated heterocycles. The molecule has 57 heavy (non-hydrogen) atoms. The SMILES string of the molecule is CC[C@@H]1/C=C(\C)C[C@H](C)C[C@H](OC)[C@H]2O[C@@](O)(C(=O)C(=O)N3[C@@H](CC[C@@H]4C[C@@H]43)C(=O)O[C@H](/C(C)=C/[C@@H]3CC[C@@H](O)[C@H](OC)C3)[C@H](C)[C@@H](O)CC1=O)[C@H](C)C[C@@H]2OC. The molecule has 0 radical (unpaired) electrons. The maximum absolute atomic E-state index is 14.4. The zero-order valence-electron chi connectivity index (χ0n) is 35.6. The number of fused-ring (bicyclic) bond motifs is 5. The van der Waals surface area contributed by atoms with Gasteiger partial charge in [0.15, 0.2) is 0 Å². The van der Waals surface area contributed by atoms with Crippen molar-refractivity contribution in [3.63, 3.8) is 0 Å². The van der Waals surface area contributed by atoms with Crippen molar-refractivity contribution in [2.24, 2.45) is 35.5 Å². The number of nitrogens with zero attached hydrogens (tertiary/aromatic N) is 1. The highest BCUT2D eigenvalue weighted by Crippen LogP contribution is 2.47. The number of aliphatic hydroxyl groups excluding tert-OH is 2. The number of carbonyl (C=O) groups is 4. The molecule has 0 unspecified atom stereocenters. The fraction of sp³-hybridized carbons (Fsp3) is 0.818. The van der Waals surface area contributed by atoms with Crippen molar-refractivity contribution in [1.29, 1.82) is 0 Å². The molecule has 3 heterocycles. The smallest absolute Gasteiger partial charge is 0.329 e. The van der Waals surface area contributed by atoms with Crippen LogP contribution in [-0.2, 0) is 42.9 Å². The van der Waals surface area contributed by atoms with E-state index in [0.717, 1.165) is 5.57 Å². The van der Waals surface area contributed by atoms with Gasteiger partial charge < -0.3 is 43.9 Å². The summed E-state index contributed by atoms with van der Waals surface area (Å²) in [7, 11) is 4.65. The highest BCUT2D eigenvalue weighted by Gasteiger charge is 2.60. The summed E-state index contributed by atoms with van der Waals surface area (Å²) in [4.78, 5) is 58.4. The minimum Gasteiger partial charge on any atom is -0.456 e. The zero-order chi connectivity index (χ0) is 41.9. The number of cyclic esters (lactones) is 1. The molecule has 13 nitrogen and oxygen atoms in total. The standard InChI is InChI=1S/C44H69NO12/c1-10-29-16-23(2)15-24(3)17-37(54-8)40-38(55-9)19-26(5)44(52,57-40)41(49)42(50)45-31(13-12-30-21-32(30)45)43(51)56-39(27(6)34(47)22-35(29)48)25(4)18-28-11-14-33(46)36(20-28)53-7/h16,18,24,26-34,36-40,46-47,52H,10-15,17,19-22H2,1-9H3/b23-16+,25-18+/t24-,26+,27+,28-,29+,30+,31-,32-,33+,34-,36+,37-,38-,39+,40+,44+/m0/s1. The second kappa shape index (κ2) is 19.2. The number of aliphatic hydroxyl groups is 3. The molecule has 0 aromatic rings. The Morgan fingerprint density at radius 2 is 1.56 bits per heavy atom. The van der Waals surface area contributed by atoms with E-state index in [9.17, 15) is 34.5 Å². The van der Waals surface area contributed by atoms with Crippen molar-refractivity contribution in [2.75, 3.05) is 21.3 Å². The normalized spacial score (nSPS) is 44.2. The van der Waals surface area contributed by atoms with E-state index in [4.69, 9.17) is 23.7 Å². The maximum Gasteiger partial charge on any atom is 0.329 e. The van der Waals surface area contributed by atoms with Gasteiger partial charge in [0.1, 0.15) is 24.0 Å². The summed E-state index contributed by atoms with van der Waals surface area (Å²) in [5.41, 5.74) is 1.67. The van der Waals surface area contributed by atoms with Gasteiger partial charge in [-0.25, -0.2) is 4.79 Å². The molecular formula is C44H69NO12. The van der Waals surface area contributed by atoms with Crippen LogP contribution in [0.15, 0.2) is 23.3 Å². The molecule has 2 saturated carbocycles. The highest BCUT2D eigenvalue weighted by atomic mass is 16.7. The van der Waals surface area contributed by atoms with Crippen LogP contribution in [0.25, 0.3) is 0 Å². The van der Waals surface area contributed by atoms with Crippen molar-refractivity contribution in [2.45, 2.75) is 173 Å². The highest BCUT2D eigenvalue weighted by molar-refractivity contribution is 6.39. The second-order valence-electron chi connectivity index (χ2n) is 18.0. The van der Waals surface area contributed by atoms with Crippen LogP contribution in [0.2, 0.25) is 0 Å². The third-order valence-corrected chi connectivity index (χ3v) is 13.8. The molecule has 2 aliphatic carbocycles. The number of allylic oxidation sites excluding steroid dienone is 3. The van der Waals surface area contributed by atoms with E-state index < -0.39 is 83.9 Å². The van der Waals surface area contributed by atoms with Crippen LogP contribution in [0, 0.1) is 35.5 Å². The predicted octanol–water partition coefficient (Wildman–Crippen LogP) is 4.47. The number of methoxy groups -OCH3 is 3. The Morgan fingerprint density at radius 1 is 0.895 bits per heavy atom. The van der Waals surface area contributed by atoms with Gasteiger partial charge in [-0.05, 0) is 101 Å². The molecule has 322 valence electrons. The Balaban J connectivity index is 1.54. The summed E-state index contributed by atoms with van der Waals surface area (Å²) in [5.74, 6) is -7.27. The van der Waals surface area contributed by atoms with Crippen molar-refractivity contribution < 1.29 is 58.2 Å². The van der Waals surface area contributed by atoms with E-state index in [1.54, 1.807) is 21.0 Å². The summed E-state index contributed by atoms with van der Waals surface area (Å²) < 4.78 is 29.9. The Hall–Kier alpha value is -2.52. The lowest BCUT2D eigenvalue weighted by molar-refractivity contribution is -0.302. The van der Waals surface area contributed by atoms with Gasteiger partial charge in [-0.3, -0.25) is 14.4 Å². The maximum atomic E-state index is 14.4. The number of amides is 1. The second-order valence-corrected chi connectivity index (χ2v) is 18.0. The topological polar surface area (TPSA) is 178 Å². The van der Waals surface area contributed by atoms with Crippen molar-refractivity contribution in [3.8, 4) is 0 Å². The number of ketones is 2. The van der Waals surface area contributed by atoms with Crippen LogP contribution in [-0.4, -0.2) is 126 Å². The van der Waals surface area contributed by atoms with E-state index in [1.165, 1.54) is 19.1 Å². The zero-order valence-corrected chi connectivity index (χ0v) is 35.6. The molecule has 3 aliphatic heterocycles. The molecule has 0 aromatic carbocycles. The predicted molar refractivity (Wildman–Crippen MR) is 210 cm³/mol. The third-order valence-electron chi connectivity index (χ3n) is 13.8. The van der Waals surface area contributed by atoms with Gasteiger partial charge in [0.05, 0.1) is 30.5 Å². The monoisotopic (exact) mass is 803 g/mol. The molecule has 5 aliphatic rings. The molecule has 13 heteroatoms. The number of carbonyl (C=O) groups excluding carboxylic acids is 4. The third kappa shape index (κ3) is 10.1. The Morgan fingerprint density at radius 3 is 2.21 bits per heavy atom. The average Bonchev–Trinajstić information content (AvgIpc) is 3.98. The number of hydrogen-bond donors (Lipinski definition) is 3. The summed E-state index contributed by atoms with van der Waals surface area (Å²) in [6.45, 7) is 11.2.